The van der Waals surface area contributed by atoms with Crippen molar-refractivity contribution in [3.63, 3.8) is 0 Å². The molecule has 2 aromatic heterocycles. The van der Waals surface area contributed by atoms with E-state index in [2.05, 4.69) is 55.2 Å². The monoisotopic (exact) mass is 400 g/mol. The second-order valence-corrected chi connectivity index (χ2v) is 6.88. The summed E-state index contributed by atoms with van der Waals surface area (Å²) in [5.41, 5.74) is 3.22. The molecular weight excluding hydrogens is 380 g/mol. The topological polar surface area (TPSA) is 51.9 Å². The predicted molar refractivity (Wildman–Crippen MR) is 102 cm³/mol. The Hall–Kier alpha value is -2.34. The Bertz CT molecular complexity index is 837. The maximum Gasteiger partial charge on any atom is 0.222 e. The minimum absolute atomic E-state index is 0.0213. The molecule has 130 valence electrons. The first-order chi connectivity index (χ1) is 12.0. The molecule has 0 spiro atoms. The van der Waals surface area contributed by atoms with E-state index in [0.717, 1.165) is 21.4 Å². The summed E-state index contributed by atoms with van der Waals surface area (Å²) in [4.78, 5) is 12.2. The zero-order chi connectivity index (χ0) is 17.8. The highest BCUT2D eigenvalue weighted by Crippen LogP contribution is 2.17. The van der Waals surface area contributed by atoms with Crippen LogP contribution in [-0.2, 0) is 11.3 Å². The highest BCUT2D eigenvalue weighted by Gasteiger charge is 2.11. The molecule has 25 heavy (non-hydrogen) atoms. The van der Waals surface area contributed by atoms with Crippen molar-refractivity contribution < 1.29 is 4.79 Å². The van der Waals surface area contributed by atoms with Crippen molar-refractivity contribution in [2.45, 2.75) is 32.9 Å². The molecule has 1 aromatic carbocycles. The summed E-state index contributed by atoms with van der Waals surface area (Å²) < 4.78 is 4.85. The van der Waals surface area contributed by atoms with Gasteiger partial charge in [-0.2, -0.15) is 5.10 Å². The SMILES string of the molecule is Cc1c(Br)cnn1CCC(=O)NC(C)c1ccc(-n2cccc2)cc1. The maximum atomic E-state index is 12.2. The summed E-state index contributed by atoms with van der Waals surface area (Å²) in [7, 11) is 0. The fourth-order valence-corrected chi connectivity index (χ4v) is 2.99. The molecule has 1 amide bonds. The Labute approximate surface area is 155 Å². The van der Waals surface area contributed by atoms with Crippen LogP contribution < -0.4 is 5.32 Å². The third-order valence-electron chi connectivity index (χ3n) is 4.27. The number of halogens is 1. The van der Waals surface area contributed by atoms with Crippen LogP contribution in [0.5, 0.6) is 0 Å². The molecule has 1 atom stereocenters. The second-order valence-electron chi connectivity index (χ2n) is 6.02. The number of amides is 1. The fourth-order valence-electron chi connectivity index (χ4n) is 2.70. The lowest BCUT2D eigenvalue weighted by molar-refractivity contribution is -0.122. The average molecular weight is 401 g/mol. The lowest BCUT2D eigenvalue weighted by Crippen LogP contribution is -2.27. The molecular formula is C19H21BrN4O. The smallest absolute Gasteiger partial charge is 0.222 e. The minimum atomic E-state index is -0.0309. The molecule has 0 aliphatic carbocycles. The first kappa shape index (κ1) is 17.5. The molecule has 1 N–H and O–H groups in total. The van der Waals surface area contributed by atoms with Gasteiger partial charge in [-0.15, -0.1) is 0 Å². The van der Waals surface area contributed by atoms with Gasteiger partial charge in [-0.25, -0.2) is 0 Å². The summed E-state index contributed by atoms with van der Waals surface area (Å²) in [5, 5.41) is 7.29. The Morgan fingerprint density at radius 1 is 1.24 bits per heavy atom. The predicted octanol–water partition coefficient (Wildman–Crippen LogP) is 4.01. The summed E-state index contributed by atoms with van der Waals surface area (Å²) >= 11 is 3.43. The van der Waals surface area contributed by atoms with Gasteiger partial charge in [0, 0.05) is 36.7 Å². The van der Waals surface area contributed by atoms with E-state index in [9.17, 15) is 4.79 Å². The molecule has 0 saturated heterocycles. The Morgan fingerprint density at radius 3 is 2.52 bits per heavy atom. The first-order valence-corrected chi connectivity index (χ1v) is 9.04. The summed E-state index contributed by atoms with van der Waals surface area (Å²) in [5.74, 6) is 0.0213. The van der Waals surface area contributed by atoms with Gasteiger partial charge >= 0.3 is 0 Å². The van der Waals surface area contributed by atoms with E-state index in [4.69, 9.17) is 0 Å². The third kappa shape index (κ3) is 4.20. The highest BCUT2D eigenvalue weighted by molar-refractivity contribution is 9.10. The lowest BCUT2D eigenvalue weighted by atomic mass is 10.1. The van der Waals surface area contributed by atoms with E-state index >= 15 is 0 Å². The van der Waals surface area contributed by atoms with Crippen molar-refractivity contribution in [1.82, 2.24) is 19.7 Å². The minimum Gasteiger partial charge on any atom is -0.350 e. The number of aryl methyl sites for hydroxylation is 1. The van der Waals surface area contributed by atoms with Crippen LogP contribution >= 0.6 is 15.9 Å². The second kappa shape index (κ2) is 7.70. The third-order valence-corrected chi connectivity index (χ3v) is 5.05. The first-order valence-electron chi connectivity index (χ1n) is 8.25. The fraction of sp³-hybridized carbons (Fsp3) is 0.263. The van der Waals surface area contributed by atoms with Crippen molar-refractivity contribution in [2.24, 2.45) is 0 Å². The number of nitrogens with zero attached hydrogens (tertiary/aromatic N) is 3. The van der Waals surface area contributed by atoms with Gasteiger partial charge in [0.05, 0.1) is 16.7 Å². The summed E-state index contributed by atoms with van der Waals surface area (Å²) in [6.45, 7) is 4.55. The van der Waals surface area contributed by atoms with Crippen molar-refractivity contribution >= 4 is 21.8 Å². The van der Waals surface area contributed by atoms with Crippen LogP contribution in [0.3, 0.4) is 0 Å². The number of carbonyl (C=O) groups is 1. The van der Waals surface area contributed by atoms with Crippen LogP contribution in [0.2, 0.25) is 0 Å². The number of nitrogens with one attached hydrogen (secondary N) is 1. The molecule has 0 aliphatic heterocycles. The number of rotatable bonds is 6. The van der Waals surface area contributed by atoms with E-state index in [0.29, 0.717) is 13.0 Å². The average Bonchev–Trinajstić information content (AvgIpc) is 3.25. The van der Waals surface area contributed by atoms with Gasteiger partial charge in [0.15, 0.2) is 0 Å². The molecule has 1 unspecified atom stereocenters. The Kier molecular flexibility index (Phi) is 5.38. The molecule has 6 heteroatoms. The van der Waals surface area contributed by atoms with Gasteiger partial charge in [0.2, 0.25) is 5.91 Å². The van der Waals surface area contributed by atoms with Crippen LogP contribution in [0.1, 0.15) is 30.6 Å². The van der Waals surface area contributed by atoms with Crippen LogP contribution in [0.4, 0.5) is 0 Å². The molecule has 3 aromatic rings. The number of hydrogen-bond donors (Lipinski definition) is 1. The molecule has 5 nitrogen and oxygen atoms in total. The standard InChI is InChI=1S/C19H21BrN4O/c1-14(16-5-7-17(8-6-16)23-10-3-4-11-23)22-19(25)9-12-24-15(2)18(20)13-21-24/h3-8,10-11,13-14H,9,12H2,1-2H3,(H,22,25). The van der Waals surface area contributed by atoms with Crippen molar-refractivity contribution in [3.05, 3.63) is 70.7 Å². The molecule has 2 heterocycles. The van der Waals surface area contributed by atoms with Gasteiger partial charge < -0.3 is 9.88 Å². The van der Waals surface area contributed by atoms with Crippen molar-refractivity contribution in [3.8, 4) is 5.69 Å². The van der Waals surface area contributed by atoms with Gasteiger partial charge in [0.1, 0.15) is 0 Å². The zero-order valence-electron chi connectivity index (χ0n) is 14.3. The van der Waals surface area contributed by atoms with E-state index in [-0.39, 0.29) is 11.9 Å². The Balaban J connectivity index is 1.55. The van der Waals surface area contributed by atoms with Crippen molar-refractivity contribution in [2.75, 3.05) is 0 Å². The zero-order valence-corrected chi connectivity index (χ0v) is 15.9. The van der Waals surface area contributed by atoms with Gasteiger partial charge in [0.25, 0.3) is 0 Å². The summed E-state index contributed by atoms with van der Waals surface area (Å²) in [6.07, 6.45) is 6.18. The molecule has 3 rings (SSSR count). The van der Waals surface area contributed by atoms with E-state index in [1.54, 1.807) is 6.20 Å². The molecule has 0 fully saturated rings. The normalized spacial score (nSPS) is 12.1. The molecule has 0 saturated carbocycles. The number of benzene rings is 1. The number of carbonyl (C=O) groups excluding carboxylic acids is 1. The number of aromatic nitrogens is 3. The van der Waals surface area contributed by atoms with E-state index in [1.165, 1.54) is 0 Å². The van der Waals surface area contributed by atoms with Crippen LogP contribution in [-0.4, -0.2) is 20.3 Å². The molecule has 0 bridgehead atoms. The van der Waals surface area contributed by atoms with Gasteiger partial charge in [-0.1, -0.05) is 12.1 Å². The maximum absolute atomic E-state index is 12.2. The molecule has 0 radical (unpaired) electrons. The van der Waals surface area contributed by atoms with E-state index in [1.807, 2.05) is 43.1 Å². The highest BCUT2D eigenvalue weighted by atomic mass is 79.9. The molecule has 0 aliphatic rings. The Morgan fingerprint density at radius 2 is 1.92 bits per heavy atom. The van der Waals surface area contributed by atoms with Gasteiger partial charge in [-0.3, -0.25) is 9.48 Å². The van der Waals surface area contributed by atoms with Crippen LogP contribution in [0.25, 0.3) is 5.69 Å². The largest absolute Gasteiger partial charge is 0.350 e. The van der Waals surface area contributed by atoms with Crippen molar-refractivity contribution in [1.29, 1.82) is 0 Å². The lowest BCUT2D eigenvalue weighted by Gasteiger charge is -2.15. The quantitative estimate of drug-likeness (QED) is 0.679. The summed E-state index contributed by atoms with van der Waals surface area (Å²) in [6, 6.07) is 12.2. The number of hydrogen-bond acceptors (Lipinski definition) is 2. The van der Waals surface area contributed by atoms with Crippen LogP contribution in [0.15, 0.2) is 59.5 Å². The van der Waals surface area contributed by atoms with Gasteiger partial charge in [-0.05, 0) is 59.6 Å². The van der Waals surface area contributed by atoms with Crippen LogP contribution in [0, 0.1) is 6.92 Å². The van der Waals surface area contributed by atoms with E-state index < -0.39 is 0 Å².